The maximum absolute atomic E-state index is 5.68. The molecule has 1 aromatic heterocycles. The Hall–Kier alpha value is -1.72. The van der Waals surface area contributed by atoms with Gasteiger partial charge in [0.15, 0.2) is 4.71 Å². The number of fused-ring (bicyclic) bond motifs is 1. The van der Waals surface area contributed by atoms with Gasteiger partial charge in [0.05, 0.1) is 5.69 Å². The number of benzene rings is 1. The summed E-state index contributed by atoms with van der Waals surface area (Å²) in [6, 6.07) is 10.1. The Morgan fingerprint density at radius 3 is 2.61 bits per heavy atom. The lowest BCUT2D eigenvalue weighted by Crippen LogP contribution is -2.24. The minimum Gasteiger partial charge on any atom is -0.445 e. The van der Waals surface area contributed by atoms with Crippen molar-refractivity contribution in [1.29, 1.82) is 0 Å². The number of ether oxygens (including phenoxy) is 1. The second-order valence-corrected chi connectivity index (χ2v) is 7.36. The maximum Gasteiger partial charge on any atom is 0.192 e. The molecular weight excluding hydrogens is 368 g/mol. The molecule has 2 rings (SSSR count). The average Bonchev–Trinajstić information content (AvgIpc) is 2.71. The van der Waals surface area contributed by atoms with Crippen molar-refractivity contribution in [3.8, 4) is 0 Å². The first kappa shape index (κ1) is 22.6. The smallest absolute Gasteiger partial charge is 0.192 e. The highest BCUT2D eigenvalue weighted by Gasteiger charge is 2.10. The van der Waals surface area contributed by atoms with E-state index in [9.17, 15) is 0 Å². The largest absolute Gasteiger partial charge is 0.445 e. The Morgan fingerprint density at radius 1 is 1.07 bits per heavy atom. The lowest BCUT2D eigenvalue weighted by atomic mass is 10.1. The lowest BCUT2D eigenvalue weighted by molar-refractivity contribution is 0.138. The van der Waals surface area contributed by atoms with E-state index < -0.39 is 0 Å². The number of anilines is 1. The Morgan fingerprint density at radius 2 is 1.82 bits per heavy atom. The van der Waals surface area contributed by atoms with Gasteiger partial charge in [-0.3, -0.25) is 4.99 Å². The van der Waals surface area contributed by atoms with E-state index in [2.05, 4.69) is 35.9 Å². The van der Waals surface area contributed by atoms with Gasteiger partial charge in [-0.15, -0.1) is 0 Å². The first-order chi connectivity index (χ1) is 13.8. The van der Waals surface area contributed by atoms with Gasteiger partial charge in [0.25, 0.3) is 0 Å². The maximum atomic E-state index is 5.68. The highest BCUT2D eigenvalue weighted by Crippen LogP contribution is 2.27. The summed E-state index contributed by atoms with van der Waals surface area (Å²) in [6.45, 7) is 7.64. The molecular formula is C23H34N2O2S. The molecule has 0 aliphatic rings. The Kier molecular flexibility index (Phi) is 10.8. The van der Waals surface area contributed by atoms with Gasteiger partial charge in [-0.25, -0.2) is 0 Å². The third kappa shape index (κ3) is 7.72. The molecule has 1 heterocycles. The molecule has 154 valence electrons. The van der Waals surface area contributed by atoms with E-state index >= 15 is 0 Å². The zero-order chi connectivity index (χ0) is 20.0. The fourth-order valence-corrected chi connectivity index (χ4v) is 3.52. The Bertz CT molecular complexity index is 773. The van der Waals surface area contributed by atoms with Crippen LogP contribution in [0.5, 0.6) is 0 Å². The summed E-state index contributed by atoms with van der Waals surface area (Å²) >= 11 is 5.32. The van der Waals surface area contributed by atoms with Crippen LogP contribution in [0.25, 0.3) is 11.0 Å². The normalized spacial score (nSPS) is 11.5. The van der Waals surface area contributed by atoms with Crippen molar-refractivity contribution in [1.82, 2.24) is 0 Å². The summed E-state index contributed by atoms with van der Waals surface area (Å²) in [5.74, 6) is 0. The number of hydrogen-bond acceptors (Lipinski definition) is 5. The molecule has 0 fully saturated rings. The zero-order valence-electron chi connectivity index (χ0n) is 17.4. The molecule has 0 unspecified atom stereocenters. The van der Waals surface area contributed by atoms with Crippen LogP contribution in [-0.4, -0.2) is 32.6 Å². The number of nitrogens with zero attached hydrogens (tertiary/aromatic N) is 2. The van der Waals surface area contributed by atoms with Gasteiger partial charge in [-0.2, -0.15) is 0 Å². The van der Waals surface area contributed by atoms with E-state index in [1.54, 1.807) is 0 Å². The van der Waals surface area contributed by atoms with E-state index in [1.807, 2.05) is 24.4 Å². The third-order valence-corrected chi connectivity index (χ3v) is 5.00. The van der Waals surface area contributed by atoms with Crippen molar-refractivity contribution in [2.45, 2.75) is 58.8 Å². The molecule has 0 saturated heterocycles. The predicted molar refractivity (Wildman–Crippen MR) is 122 cm³/mol. The Labute approximate surface area is 174 Å². The number of hydrogen-bond donors (Lipinski definition) is 0. The molecule has 0 bridgehead atoms. The van der Waals surface area contributed by atoms with Crippen molar-refractivity contribution < 1.29 is 9.15 Å². The van der Waals surface area contributed by atoms with Gasteiger partial charge >= 0.3 is 0 Å². The van der Waals surface area contributed by atoms with Crippen LogP contribution in [-0.2, 0) is 4.74 Å². The monoisotopic (exact) mass is 402 g/mol. The second-order valence-electron chi connectivity index (χ2n) is 6.96. The van der Waals surface area contributed by atoms with E-state index in [4.69, 9.17) is 21.4 Å². The summed E-state index contributed by atoms with van der Waals surface area (Å²) in [4.78, 5) is 6.57. The van der Waals surface area contributed by atoms with Crippen LogP contribution in [0.2, 0.25) is 0 Å². The summed E-state index contributed by atoms with van der Waals surface area (Å²) in [7, 11) is 0. The molecule has 28 heavy (non-hydrogen) atoms. The number of para-hydroxylation sites is 1. The van der Waals surface area contributed by atoms with Crippen LogP contribution < -0.4 is 4.90 Å². The van der Waals surface area contributed by atoms with E-state index in [0.717, 1.165) is 43.5 Å². The van der Waals surface area contributed by atoms with Gasteiger partial charge in [0.2, 0.25) is 0 Å². The van der Waals surface area contributed by atoms with Crippen LogP contribution in [0.15, 0.2) is 39.7 Å². The topological polar surface area (TPSA) is 38.0 Å². The van der Waals surface area contributed by atoms with Crippen molar-refractivity contribution in [3.05, 3.63) is 35.0 Å². The van der Waals surface area contributed by atoms with Crippen molar-refractivity contribution >= 4 is 35.1 Å². The molecule has 4 nitrogen and oxygen atoms in total. The Balaban J connectivity index is 1.67. The molecule has 0 N–H and O–H groups in total. The van der Waals surface area contributed by atoms with Crippen LogP contribution in [0, 0.1) is 4.71 Å². The van der Waals surface area contributed by atoms with E-state index in [0.29, 0.717) is 11.4 Å². The minimum atomic E-state index is 0.508. The highest BCUT2D eigenvalue weighted by molar-refractivity contribution is 7.71. The summed E-state index contributed by atoms with van der Waals surface area (Å²) < 4.78 is 11.7. The van der Waals surface area contributed by atoms with Crippen LogP contribution in [0.4, 0.5) is 5.69 Å². The molecule has 0 radical (unpaired) electrons. The molecule has 0 aliphatic carbocycles. The number of rotatable bonds is 14. The van der Waals surface area contributed by atoms with E-state index in [1.165, 1.54) is 37.8 Å². The zero-order valence-corrected chi connectivity index (χ0v) is 18.2. The highest BCUT2D eigenvalue weighted by atomic mass is 32.1. The molecule has 0 aliphatic heterocycles. The standard InChI is InChI=1S/C23H34N2O2S/c1-3-15-24-19-26-17-12-8-6-5-7-11-16-25(4-2)21-18-23(28)27-22-14-10-9-13-20(21)22/h9-10,13-15,18H,3-8,11-12,16-17,19H2,1-2H3. The lowest BCUT2D eigenvalue weighted by Gasteiger charge is -2.24. The van der Waals surface area contributed by atoms with Crippen LogP contribution in [0.1, 0.15) is 58.8 Å². The first-order valence-electron chi connectivity index (χ1n) is 10.6. The fourth-order valence-electron chi connectivity index (χ4n) is 3.32. The van der Waals surface area contributed by atoms with E-state index in [-0.39, 0.29) is 0 Å². The van der Waals surface area contributed by atoms with Gasteiger partial charge in [0.1, 0.15) is 12.3 Å². The van der Waals surface area contributed by atoms with Crippen LogP contribution >= 0.6 is 12.2 Å². The molecule has 5 heteroatoms. The predicted octanol–water partition coefficient (Wildman–Crippen LogP) is 6.78. The third-order valence-electron chi connectivity index (χ3n) is 4.79. The van der Waals surface area contributed by atoms with Gasteiger partial charge in [0, 0.05) is 37.4 Å². The average molecular weight is 403 g/mol. The quantitative estimate of drug-likeness (QED) is 0.198. The van der Waals surface area contributed by atoms with Crippen molar-refractivity contribution in [3.63, 3.8) is 0 Å². The molecule has 0 saturated carbocycles. The molecule has 2 aromatic rings. The fraction of sp³-hybridized carbons (Fsp3) is 0.565. The number of unbranched alkanes of at least 4 members (excludes halogenated alkanes) is 5. The molecule has 1 aromatic carbocycles. The van der Waals surface area contributed by atoms with Gasteiger partial charge < -0.3 is 14.1 Å². The van der Waals surface area contributed by atoms with Crippen molar-refractivity contribution in [2.75, 3.05) is 31.3 Å². The molecule has 0 amide bonds. The van der Waals surface area contributed by atoms with Crippen molar-refractivity contribution in [2.24, 2.45) is 4.99 Å². The second kappa shape index (κ2) is 13.5. The SMILES string of the molecule is CCC=NCOCCCCCCCCN(CC)c1cc(=S)oc2ccccc12. The van der Waals surface area contributed by atoms with Gasteiger partial charge in [-0.1, -0.05) is 44.7 Å². The summed E-state index contributed by atoms with van der Waals surface area (Å²) in [6.07, 6.45) is 10.3. The summed E-state index contributed by atoms with van der Waals surface area (Å²) in [5, 5.41) is 1.14. The first-order valence-corrected chi connectivity index (χ1v) is 11.0. The number of aliphatic imine (C=N–C) groups is 1. The summed E-state index contributed by atoms with van der Waals surface area (Å²) in [5.41, 5.74) is 2.06. The molecule has 0 spiro atoms. The minimum absolute atomic E-state index is 0.508. The van der Waals surface area contributed by atoms with Crippen LogP contribution in [0.3, 0.4) is 0 Å². The molecule has 0 atom stereocenters. The van der Waals surface area contributed by atoms with Gasteiger partial charge in [-0.05, 0) is 50.5 Å².